The van der Waals surface area contributed by atoms with Gasteiger partial charge in [0.2, 0.25) is 5.91 Å². The Bertz CT molecular complexity index is 397. The van der Waals surface area contributed by atoms with Gasteiger partial charge in [0.05, 0.1) is 18.5 Å². The van der Waals surface area contributed by atoms with E-state index in [1.807, 2.05) is 0 Å². The first-order valence-corrected chi connectivity index (χ1v) is 8.16. The van der Waals surface area contributed by atoms with Gasteiger partial charge in [-0.3, -0.25) is 9.69 Å². The van der Waals surface area contributed by atoms with Crippen LogP contribution in [0.15, 0.2) is 0 Å². The number of hydrogen-bond donors (Lipinski definition) is 1. The summed E-state index contributed by atoms with van der Waals surface area (Å²) in [4.78, 5) is 13.5. The molecule has 1 rings (SSSR count). The summed E-state index contributed by atoms with van der Waals surface area (Å²) in [7, 11) is 0. The monoisotopic (exact) mass is 293 g/mol. The van der Waals surface area contributed by atoms with Crippen molar-refractivity contribution in [3.05, 3.63) is 0 Å². The average Bonchev–Trinajstić information content (AvgIpc) is 2.43. The van der Waals surface area contributed by atoms with Gasteiger partial charge in [-0.15, -0.1) is 0 Å². The zero-order valence-corrected chi connectivity index (χ0v) is 14.2. The van der Waals surface area contributed by atoms with Gasteiger partial charge >= 0.3 is 0 Å². The van der Waals surface area contributed by atoms with E-state index in [0.29, 0.717) is 5.92 Å². The summed E-state index contributed by atoms with van der Waals surface area (Å²) in [6.07, 6.45) is 4.17. The first-order chi connectivity index (χ1) is 9.72. The van der Waals surface area contributed by atoms with Crippen LogP contribution in [0, 0.1) is 28.6 Å². The molecule has 0 aromatic heterocycles. The smallest absolute Gasteiger partial charge is 0.231 e. The van der Waals surface area contributed by atoms with Crippen LogP contribution in [0.4, 0.5) is 0 Å². The van der Waals surface area contributed by atoms with Gasteiger partial charge in [0.25, 0.3) is 0 Å². The van der Waals surface area contributed by atoms with Crippen molar-refractivity contribution < 1.29 is 4.79 Å². The average molecular weight is 293 g/mol. The van der Waals surface area contributed by atoms with E-state index in [1.165, 1.54) is 0 Å². The van der Waals surface area contributed by atoms with Gasteiger partial charge in [0.15, 0.2) is 0 Å². The first kappa shape index (κ1) is 18.0. The Morgan fingerprint density at radius 3 is 2.48 bits per heavy atom. The van der Waals surface area contributed by atoms with E-state index in [4.69, 9.17) is 5.73 Å². The Kier molecular flexibility index (Phi) is 6.22. The zero-order chi connectivity index (χ0) is 16.2. The number of hydrogen-bond acceptors (Lipinski definition) is 3. The number of nitrogens with two attached hydrogens (primary N) is 1. The van der Waals surface area contributed by atoms with Crippen molar-refractivity contribution >= 4 is 5.91 Å². The highest BCUT2D eigenvalue weighted by Crippen LogP contribution is 2.43. The Balaban J connectivity index is 2.97. The van der Waals surface area contributed by atoms with Crippen LogP contribution in [0.1, 0.15) is 60.3 Å². The molecule has 1 saturated carbocycles. The minimum Gasteiger partial charge on any atom is -0.369 e. The van der Waals surface area contributed by atoms with Crippen molar-refractivity contribution in [2.45, 2.75) is 72.4 Å². The van der Waals surface area contributed by atoms with Crippen molar-refractivity contribution in [3.63, 3.8) is 0 Å². The molecule has 0 aromatic carbocycles. The Labute approximate surface area is 129 Å². The third-order valence-corrected chi connectivity index (χ3v) is 5.43. The molecule has 3 unspecified atom stereocenters. The minimum absolute atomic E-state index is 0.00987. The van der Waals surface area contributed by atoms with E-state index in [9.17, 15) is 10.1 Å². The molecule has 0 radical (unpaired) electrons. The number of carbonyl (C=O) groups is 1. The zero-order valence-electron chi connectivity index (χ0n) is 14.2. The second kappa shape index (κ2) is 7.26. The molecule has 1 amide bonds. The summed E-state index contributed by atoms with van der Waals surface area (Å²) in [6.45, 7) is 11.3. The molecule has 3 atom stereocenters. The fourth-order valence-corrected chi connectivity index (χ4v) is 3.53. The molecule has 120 valence electrons. The van der Waals surface area contributed by atoms with Gasteiger partial charge in [0, 0.05) is 12.1 Å². The summed E-state index contributed by atoms with van der Waals surface area (Å²) in [5.74, 6) is 0.305. The van der Waals surface area contributed by atoms with Crippen LogP contribution >= 0.6 is 0 Å². The number of nitriles is 1. The van der Waals surface area contributed by atoms with Gasteiger partial charge in [0.1, 0.15) is 0 Å². The van der Waals surface area contributed by atoms with Gasteiger partial charge in [-0.2, -0.15) is 5.26 Å². The van der Waals surface area contributed by atoms with E-state index in [-0.39, 0.29) is 35.9 Å². The van der Waals surface area contributed by atoms with Crippen LogP contribution in [0.5, 0.6) is 0 Å². The minimum atomic E-state index is -0.308. The Hall–Kier alpha value is -1.08. The maximum absolute atomic E-state index is 11.4. The topological polar surface area (TPSA) is 70.1 Å². The summed E-state index contributed by atoms with van der Waals surface area (Å²) in [5.41, 5.74) is 5.69. The number of nitrogens with zero attached hydrogens (tertiary/aromatic N) is 2. The molecule has 21 heavy (non-hydrogen) atoms. The van der Waals surface area contributed by atoms with E-state index in [0.717, 1.165) is 25.7 Å². The molecule has 0 saturated heterocycles. The van der Waals surface area contributed by atoms with Crippen molar-refractivity contribution in [2.75, 3.05) is 6.54 Å². The third-order valence-electron chi connectivity index (χ3n) is 5.43. The second-order valence-electron chi connectivity index (χ2n) is 7.39. The maximum Gasteiger partial charge on any atom is 0.231 e. The lowest BCUT2D eigenvalue weighted by Crippen LogP contribution is -2.51. The van der Waals surface area contributed by atoms with Gasteiger partial charge in [-0.25, -0.2) is 0 Å². The predicted molar refractivity (Wildman–Crippen MR) is 85.3 cm³/mol. The normalized spacial score (nSPS) is 26.9. The number of amides is 1. The number of carbonyl (C=O) groups excluding carboxylic acids is 1. The standard InChI is InChI=1S/C17H31N3O/c1-6-17(4,5)14-8-7-13(10-18)15(9-14)20(12(2)3)11-16(19)21/h12-15H,6-9,11H2,1-5H3,(H2,19,21). The van der Waals surface area contributed by atoms with Crippen LogP contribution < -0.4 is 5.73 Å². The molecule has 1 aliphatic rings. The summed E-state index contributed by atoms with van der Waals surface area (Å²) in [5, 5.41) is 9.48. The molecule has 0 spiro atoms. The van der Waals surface area contributed by atoms with Crippen LogP contribution in [0.3, 0.4) is 0 Å². The Morgan fingerprint density at radius 2 is 2.05 bits per heavy atom. The van der Waals surface area contributed by atoms with E-state index in [2.05, 4.69) is 45.6 Å². The van der Waals surface area contributed by atoms with Crippen LogP contribution in [0.2, 0.25) is 0 Å². The quantitative estimate of drug-likeness (QED) is 0.818. The highest BCUT2D eigenvalue weighted by Gasteiger charge is 2.40. The van der Waals surface area contributed by atoms with Gasteiger partial charge in [-0.1, -0.05) is 27.2 Å². The largest absolute Gasteiger partial charge is 0.369 e. The molecule has 0 heterocycles. The molecule has 4 nitrogen and oxygen atoms in total. The number of rotatable bonds is 6. The molecule has 2 N–H and O–H groups in total. The predicted octanol–water partition coefficient (Wildman–Crippen LogP) is 2.93. The van der Waals surface area contributed by atoms with Gasteiger partial charge in [-0.05, 0) is 44.4 Å². The second-order valence-corrected chi connectivity index (χ2v) is 7.39. The fraction of sp³-hybridized carbons (Fsp3) is 0.882. The van der Waals surface area contributed by atoms with E-state index < -0.39 is 0 Å². The molecule has 0 bridgehead atoms. The van der Waals surface area contributed by atoms with E-state index >= 15 is 0 Å². The molecule has 4 heteroatoms. The van der Waals surface area contributed by atoms with E-state index in [1.54, 1.807) is 0 Å². The molecule has 0 aliphatic heterocycles. The summed E-state index contributed by atoms with van der Waals surface area (Å²) < 4.78 is 0. The lowest BCUT2D eigenvalue weighted by Gasteiger charge is -2.46. The molecule has 0 aromatic rings. The lowest BCUT2D eigenvalue weighted by atomic mass is 9.65. The van der Waals surface area contributed by atoms with Crippen molar-refractivity contribution in [2.24, 2.45) is 23.0 Å². The van der Waals surface area contributed by atoms with Gasteiger partial charge < -0.3 is 5.73 Å². The summed E-state index contributed by atoms with van der Waals surface area (Å²) >= 11 is 0. The third kappa shape index (κ3) is 4.44. The van der Waals surface area contributed by atoms with Crippen molar-refractivity contribution in [3.8, 4) is 6.07 Å². The van der Waals surface area contributed by atoms with Crippen LogP contribution in [-0.2, 0) is 4.79 Å². The number of primary amides is 1. The Morgan fingerprint density at radius 1 is 1.43 bits per heavy atom. The molecular weight excluding hydrogens is 262 g/mol. The highest BCUT2D eigenvalue weighted by atomic mass is 16.1. The fourth-order valence-electron chi connectivity index (χ4n) is 3.53. The first-order valence-electron chi connectivity index (χ1n) is 8.16. The molecular formula is C17H31N3O. The SMILES string of the molecule is CCC(C)(C)C1CCC(C#N)C(N(CC(N)=O)C(C)C)C1. The molecule has 1 aliphatic carbocycles. The molecule has 1 fully saturated rings. The summed E-state index contributed by atoms with van der Waals surface area (Å²) in [6, 6.07) is 2.83. The van der Waals surface area contributed by atoms with Crippen molar-refractivity contribution in [1.82, 2.24) is 4.90 Å². The van der Waals surface area contributed by atoms with Crippen LogP contribution in [-0.4, -0.2) is 29.4 Å². The lowest BCUT2D eigenvalue weighted by molar-refractivity contribution is -0.121. The highest BCUT2D eigenvalue weighted by molar-refractivity contribution is 5.76. The van der Waals surface area contributed by atoms with Crippen LogP contribution in [0.25, 0.3) is 0 Å². The maximum atomic E-state index is 11.4. The van der Waals surface area contributed by atoms with Crippen molar-refractivity contribution in [1.29, 1.82) is 5.26 Å².